The first-order valence-electron chi connectivity index (χ1n) is 9.36. The van der Waals surface area contributed by atoms with Crippen molar-refractivity contribution in [2.24, 2.45) is 0 Å². The van der Waals surface area contributed by atoms with Gasteiger partial charge in [0.25, 0.3) is 0 Å². The maximum absolute atomic E-state index is 12.0. The Balaban J connectivity index is 1.81. The van der Waals surface area contributed by atoms with E-state index in [4.69, 9.17) is 4.74 Å². The van der Waals surface area contributed by atoms with Crippen LogP contribution in [0.3, 0.4) is 0 Å². The Morgan fingerprint density at radius 1 is 1.07 bits per heavy atom. The molecule has 30 heavy (non-hydrogen) atoms. The third kappa shape index (κ3) is 5.60. The third-order valence-corrected chi connectivity index (χ3v) is 5.31. The van der Waals surface area contributed by atoms with Crippen LogP contribution in [0.1, 0.15) is 5.56 Å². The van der Waals surface area contributed by atoms with E-state index in [1.165, 1.54) is 24.4 Å². The lowest BCUT2D eigenvalue weighted by Crippen LogP contribution is -2.38. The van der Waals surface area contributed by atoms with Gasteiger partial charge in [-0.2, -0.15) is 0 Å². The van der Waals surface area contributed by atoms with Crippen molar-refractivity contribution in [2.45, 2.75) is 18.1 Å². The number of aromatic nitrogens is 3. The van der Waals surface area contributed by atoms with Gasteiger partial charge in [0.15, 0.2) is 11.0 Å². The Kier molecular flexibility index (Phi) is 7.45. The summed E-state index contributed by atoms with van der Waals surface area (Å²) in [5.41, 5.74) is 2.10. The molecule has 0 fully saturated rings. The molecule has 1 heterocycles. The molecule has 8 nitrogen and oxygen atoms in total. The third-order valence-electron chi connectivity index (χ3n) is 4.34. The second kappa shape index (κ2) is 10.4. The van der Waals surface area contributed by atoms with E-state index >= 15 is 0 Å². The lowest BCUT2D eigenvalue weighted by molar-refractivity contribution is -0.117. The molecular weight excluding hydrogens is 402 g/mol. The highest BCUT2D eigenvalue weighted by atomic mass is 32.2. The van der Waals surface area contributed by atoms with Gasteiger partial charge >= 0.3 is 6.03 Å². The zero-order valence-corrected chi connectivity index (χ0v) is 17.6. The molecule has 3 rings (SSSR count). The second-order valence-corrected chi connectivity index (χ2v) is 7.28. The molecule has 3 aromatic rings. The van der Waals surface area contributed by atoms with Gasteiger partial charge in [0.05, 0.1) is 12.9 Å². The average Bonchev–Trinajstić information content (AvgIpc) is 3.19. The van der Waals surface area contributed by atoms with Crippen LogP contribution in [0, 0.1) is 0 Å². The van der Waals surface area contributed by atoms with Gasteiger partial charge in [-0.05, 0) is 36.2 Å². The number of thioether (sulfide) groups is 1. The van der Waals surface area contributed by atoms with Gasteiger partial charge in [0.2, 0.25) is 5.91 Å². The number of carbonyl (C=O) groups excluding carboxylic acids is 2. The van der Waals surface area contributed by atoms with E-state index in [9.17, 15) is 9.59 Å². The standard InChI is InChI=1S/C21H23N5O3S/c1-22-20(28)23-18(27)14-30-21-25-24-19(16-8-10-17(29-2)11-9-16)26(21)13-12-15-6-4-3-5-7-15/h3-11H,12-14H2,1-2H3,(H2,22,23,27,28). The lowest BCUT2D eigenvalue weighted by Gasteiger charge is -2.11. The fourth-order valence-electron chi connectivity index (χ4n) is 2.79. The SMILES string of the molecule is CNC(=O)NC(=O)CSc1nnc(-c2ccc(OC)cc2)n1CCc1ccccc1. The summed E-state index contributed by atoms with van der Waals surface area (Å²) in [5.74, 6) is 1.12. The molecule has 0 unspecified atom stereocenters. The van der Waals surface area contributed by atoms with Crippen LogP contribution in [0.4, 0.5) is 4.79 Å². The van der Waals surface area contributed by atoms with Crippen LogP contribution in [-0.2, 0) is 17.8 Å². The van der Waals surface area contributed by atoms with Crippen LogP contribution in [-0.4, -0.2) is 46.6 Å². The van der Waals surface area contributed by atoms with E-state index in [-0.39, 0.29) is 5.75 Å². The molecule has 2 aromatic carbocycles. The van der Waals surface area contributed by atoms with Crippen molar-refractivity contribution < 1.29 is 14.3 Å². The molecule has 0 atom stereocenters. The number of rotatable bonds is 8. The molecular formula is C21H23N5O3S. The Hall–Kier alpha value is -3.33. The first-order chi connectivity index (χ1) is 14.6. The maximum atomic E-state index is 12.0. The number of hydrogen-bond donors (Lipinski definition) is 2. The summed E-state index contributed by atoms with van der Waals surface area (Å²) in [6, 6.07) is 17.2. The summed E-state index contributed by atoms with van der Waals surface area (Å²) in [6.45, 7) is 0.651. The summed E-state index contributed by atoms with van der Waals surface area (Å²) < 4.78 is 7.22. The van der Waals surface area contributed by atoms with Gasteiger partial charge in [-0.1, -0.05) is 42.1 Å². The Morgan fingerprint density at radius 3 is 2.47 bits per heavy atom. The number of carbonyl (C=O) groups is 2. The minimum absolute atomic E-state index is 0.0551. The van der Waals surface area contributed by atoms with Crippen LogP contribution < -0.4 is 15.4 Å². The molecule has 2 N–H and O–H groups in total. The highest BCUT2D eigenvalue weighted by Crippen LogP contribution is 2.26. The summed E-state index contributed by atoms with van der Waals surface area (Å²) in [4.78, 5) is 23.3. The van der Waals surface area contributed by atoms with Crippen molar-refractivity contribution in [2.75, 3.05) is 19.9 Å². The quantitative estimate of drug-likeness (QED) is 0.539. The molecule has 1 aromatic heterocycles. The molecule has 0 aliphatic heterocycles. The highest BCUT2D eigenvalue weighted by molar-refractivity contribution is 7.99. The number of hydrogen-bond acceptors (Lipinski definition) is 6. The Labute approximate surface area is 179 Å². The Bertz CT molecular complexity index is 990. The molecule has 3 amide bonds. The van der Waals surface area contributed by atoms with E-state index in [0.717, 1.165) is 17.7 Å². The zero-order chi connectivity index (χ0) is 21.3. The predicted molar refractivity (Wildman–Crippen MR) is 115 cm³/mol. The van der Waals surface area contributed by atoms with E-state index < -0.39 is 11.9 Å². The fraction of sp³-hybridized carbons (Fsp3) is 0.238. The number of benzene rings is 2. The van der Waals surface area contributed by atoms with E-state index in [0.29, 0.717) is 17.5 Å². The van der Waals surface area contributed by atoms with Crippen molar-refractivity contribution in [1.82, 2.24) is 25.4 Å². The van der Waals surface area contributed by atoms with Crippen molar-refractivity contribution in [3.05, 3.63) is 60.2 Å². The first-order valence-corrected chi connectivity index (χ1v) is 10.3. The van der Waals surface area contributed by atoms with E-state index in [2.05, 4.69) is 33.0 Å². The average molecular weight is 426 g/mol. The van der Waals surface area contributed by atoms with Gasteiger partial charge in [-0.25, -0.2) is 4.79 Å². The second-order valence-electron chi connectivity index (χ2n) is 6.34. The lowest BCUT2D eigenvalue weighted by atomic mass is 10.1. The zero-order valence-electron chi connectivity index (χ0n) is 16.8. The largest absolute Gasteiger partial charge is 0.497 e. The summed E-state index contributed by atoms with van der Waals surface area (Å²) in [7, 11) is 3.08. The topological polar surface area (TPSA) is 98.1 Å². The molecule has 0 radical (unpaired) electrons. The number of aryl methyl sites for hydroxylation is 1. The van der Waals surface area contributed by atoms with Crippen molar-refractivity contribution >= 4 is 23.7 Å². The molecule has 0 bridgehead atoms. The van der Waals surface area contributed by atoms with Crippen LogP contribution in [0.15, 0.2) is 59.8 Å². The molecule has 9 heteroatoms. The number of nitrogens with zero attached hydrogens (tertiary/aromatic N) is 3. The molecule has 0 aliphatic carbocycles. The van der Waals surface area contributed by atoms with Gasteiger partial charge in [0.1, 0.15) is 5.75 Å². The minimum Gasteiger partial charge on any atom is -0.497 e. The van der Waals surface area contributed by atoms with E-state index in [1.54, 1.807) is 7.11 Å². The molecule has 0 spiro atoms. The molecule has 0 saturated carbocycles. The van der Waals surface area contributed by atoms with Crippen LogP contribution in [0.25, 0.3) is 11.4 Å². The molecule has 0 aliphatic rings. The van der Waals surface area contributed by atoms with Crippen molar-refractivity contribution in [1.29, 1.82) is 0 Å². The summed E-state index contributed by atoms with van der Waals surface area (Å²) in [6.07, 6.45) is 0.792. The number of amides is 3. The van der Waals surface area contributed by atoms with Gasteiger partial charge in [-0.15, -0.1) is 10.2 Å². The van der Waals surface area contributed by atoms with Crippen LogP contribution in [0.2, 0.25) is 0 Å². The van der Waals surface area contributed by atoms with Crippen molar-refractivity contribution in [3.8, 4) is 17.1 Å². The highest BCUT2D eigenvalue weighted by Gasteiger charge is 2.16. The van der Waals surface area contributed by atoms with Gasteiger partial charge < -0.3 is 14.6 Å². The van der Waals surface area contributed by atoms with Gasteiger partial charge in [-0.3, -0.25) is 10.1 Å². The number of methoxy groups -OCH3 is 1. The minimum atomic E-state index is -0.537. The first kappa shape index (κ1) is 21.4. The maximum Gasteiger partial charge on any atom is 0.321 e. The van der Waals surface area contributed by atoms with Crippen molar-refractivity contribution in [3.63, 3.8) is 0 Å². The number of imide groups is 1. The van der Waals surface area contributed by atoms with Gasteiger partial charge in [0, 0.05) is 19.2 Å². The fourth-order valence-corrected chi connectivity index (χ4v) is 3.56. The number of urea groups is 1. The van der Waals surface area contributed by atoms with Crippen LogP contribution >= 0.6 is 11.8 Å². The Morgan fingerprint density at radius 2 is 1.80 bits per heavy atom. The predicted octanol–water partition coefficient (Wildman–Crippen LogP) is 2.74. The van der Waals surface area contributed by atoms with E-state index in [1.807, 2.05) is 47.0 Å². The molecule has 0 saturated heterocycles. The monoisotopic (exact) mass is 425 g/mol. The summed E-state index contributed by atoms with van der Waals surface area (Å²) in [5, 5.41) is 13.8. The molecule has 156 valence electrons. The number of nitrogens with one attached hydrogen (secondary N) is 2. The normalized spacial score (nSPS) is 10.5. The van der Waals surface area contributed by atoms with Crippen LogP contribution in [0.5, 0.6) is 5.75 Å². The summed E-state index contributed by atoms with van der Waals surface area (Å²) >= 11 is 1.24. The smallest absolute Gasteiger partial charge is 0.321 e. The number of ether oxygens (including phenoxy) is 1.